The molecule has 1 aromatic carbocycles. The Morgan fingerprint density at radius 1 is 1.29 bits per heavy atom. The molecule has 0 saturated carbocycles. The van der Waals surface area contributed by atoms with E-state index in [4.69, 9.17) is 0 Å². The molecular weight excluding hydrogens is 326 g/mol. The number of likely N-dealkylation sites (tertiary alicyclic amines) is 1. The first-order valence-electron chi connectivity index (χ1n) is 8.12. The number of amides is 1. The number of nitrogens with zero attached hydrogens (tertiary/aromatic N) is 2. The molecule has 0 aliphatic carbocycles. The first kappa shape index (κ1) is 16.7. The van der Waals surface area contributed by atoms with Crippen LogP contribution in [0.3, 0.4) is 0 Å². The molecule has 2 heterocycles. The Hall–Kier alpha value is -2.15. The largest absolute Gasteiger partial charge is 0.338 e. The van der Waals surface area contributed by atoms with Crippen molar-refractivity contribution in [3.8, 4) is 0 Å². The molecule has 1 fully saturated rings. The Kier molecular flexibility index (Phi) is 4.71. The average molecular weight is 347 g/mol. The molecule has 1 saturated heterocycles. The van der Waals surface area contributed by atoms with Gasteiger partial charge in [0.15, 0.2) is 9.84 Å². The monoisotopic (exact) mass is 347 g/mol. The summed E-state index contributed by atoms with van der Waals surface area (Å²) >= 11 is 0. The van der Waals surface area contributed by atoms with Gasteiger partial charge in [-0.05, 0) is 43.2 Å². The number of sulfone groups is 1. The number of benzene rings is 1. The van der Waals surface area contributed by atoms with Crippen LogP contribution in [-0.4, -0.2) is 48.3 Å². The van der Waals surface area contributed by atoms with E-state index < -0.39 is 9.84 Å². The van der Waals surface area contributed by atoms with Gasteiger partial charge in [-0.2, -0.15) is 5.10 Å². The van der Waals surface area contributed by atoms with Gasteiger partial charge in [0.25, 0.3) is 5.91 Å². The van der Waals surface area contributed by atoms with Gasteiger partial charge >= 0.3 is 0 Å². The van der Waals surface area contributed by atoms with Crippen molar-refractivity contribution in [2.75, 3.05) is 18.8 Å². The first-order chi connectivity index (χ1) is 11.5. The fourth-order valence-corrected chi connectivity index (χ4v) is 3.95. The quantitative estimate of drug-likeness (QED) is 0.919. The maximum atomic E-state index is 12.7. The summed E-state index contributed by atoms with van der Waals surface area (Å²) in [6.07, 6.45) is 3.69. The van der Waals surface area contributed by atoms with Crippen molar-refractivity contribution in [3.63, 3.8) is 0 Å². The molecule has 0 radical (unpaired) electrons. The lowest BCUT2D eigenvalue weighted by molar-refractivity contribution is 0.0705. The van der Waals surface area contributed by atoms with Crippen molar-refractivity contribution >= 4 is 15.7 Å². The van der Waals surface area contributed by atoms with E-state index in [1.807, 2.05) is 11.0 Å². The van der Waals surface area contributed by atoms with Crippen LogP contribution < -0.4 is 0 Å². The maximum Gasteiger partial charge on any atom is 0.253 e. The van der Waals surface area contributed by atoms with Gasteiger partial charge in [0.2, 0.25) is 0 Å². The molecule has 1 amide bonds. The summed E-state index contributed by atoms with van der Waals surface area (Å²) in [5.41, 5.74) is 1.58. The van der Waals surface area contributed by atoms with Crippen LogP contribution in [0.4, 0.5) is 0 Å². The summed E-state index contributed by atoms with van der Waals surface area (Å²) in [4.78, 5) is 14.8. The molecular formula is C17H21N3O3S. The Bertz CT molecular complexity index is 798. The first-order valence-corrected chi connectivity index (χ1v) is 9.78. The number of rotatable bonds is 4. The summed E-state index contributed by atoms with van der Waals surface area (Å²) in [7, 11) is -3.24. The number of aromatic nitrogens is 2. The Morgan fingerprint density at radius 2 is 2.04 bits per heavy atom. The number of hydrogen-bond donors (Lipinski definition) is 1. The van der Waals surface area contributed by atoms with E-state index in [-0.39, 0.29) is 22.5 Å². The van der Waals surface area contributed by atoms with Crippen LogP contribution in [0.2, 0.25) is 0 Å². The zero-order valence-corrected chi connectivity index (χ0v) is 14.4. The Morgan fingerprint density at radius 3 is 2.67 bits per heavy atom. The second-order valence-corrected chi connectivity index (χ2v) is 8.31. The highest BCUT2D eigenvalue weighted by atomic mass is 32.2. The van der Waals surface area contributed by atoms with Crippen molar-refractivity contribution in [1.82, 2.24) is 15.1 Å². The minimum absolute atomic E-state index is 0.0538. The molecule has 1 aromatic heterocycles. The van der Waals surface area contributed by atoms with E-state index >= 15 is 0 Å². The van der Waals surface area contributed by atoms with Gasteiger partial charge in [0.1, 0.15) is 0 Å². The van der Waals surface area contributed by atoms with E-state index in [1.165, 1.54) is 12.1 Å². The molecule has 7 heteroatoms. The second-order valence-electron chi connectivity index (χ2n) is 6.03. The molecule has 128 valence electrons. The fraction of sp³-hybridized carbons (Fsp3) is 0.412. The third-order valence-electron chi connectivity index (χ3n) is 4.51. The number of nitrogens with one attached hydrogen (secondary N) is 1. The van der Waals surface area contributed by atoms with Crippen molar-refractivity contribution < 1.29 is 13.2 Å². The van der Waals surface area contributed by atoms with Gasteiger partial charge in [-0.15, -0.1) is 0 Å². The minimum Gasteiger partial charge on any atom is -0.338 e. The molecule has 1 aliphatic rings. The number of carbonyl (C=O) groups excluding carboxylic acids is 1. The van der Waals surface area contributed by atoms with E-state index in [2.05, 4.69) is 10.2 Å². The lowest BCUT2D eigenvalue weighted by atomic mass is 9.94. The van der Waals surface area contributed by atoms with Gasteiger partial charge in [0.05, 0.1) is 10.6 Å². The third-order valence-corrected chi connectivity index (χ3v) is 6.26. The molecule has 0 spiro atoms. The highest BCUT2D eigenvalue weighted by molar-refractivity contribution is 7.91. The number of piperidine rings is 1. The number of H-pyrrole nitrogens is 1. The van der Waals surface area contributed by atoms with Crippen LogP contribution in [0.15, 0.2) is 41.4 Å². The van der Waals surface area contributed by atoms with Crippen LogP contribution >= 0.6 is 0 Å². The van der Waals surface area contributed by atoms with Gasteiger partial charge in [0, 0.05) is 36.5 Å². The number of hydrogen-bond acceptors (Lipinski definition) is 4. The predicted octanol–water partition coefficient (Wildman–Crippen LogP) is 2.22. The van der Waals surface area contributed by atoms with Crippen molar-refractivity contribution in [3.05, 3.63) is 47.8 Å². The highest BCUT2D eigenvalue weighted by Gasteiger charge is 2.26. The summed E-state index contributed by atoms with van der Waals surface area (Å²) in [6, 6.07) is 8.18. The highest BCUT2D eigenvalue weighted by Crippen LogP contribution is 2.26. The van der Waals surface area contributed by atoms with E-state index in [9.17, 15) is 13.2 Å². The van der Waals surface area contributed by atoms with E-state index in [0.717, 1.165) is 25.1 Å². The normalized spacial score (nSPS) is 18.5. The summed E-state index contributed by atoms with van der Waals surface area (Å²) in [5.74, 6) is 0.266. The smallest absolute Gasteiger partial charge is 0.253 e. The molecule has 1 aliphatic heterocycles. The molecule has 2 aromatic rings. The number of carbonyl (C=O) groups is 1. The van der Waals surface area contributed by atoms with Crippen LogP contribution in [0.25, 0.3) is 0 Å². The van der Waals surface area contributed by atoms with Gasteiger partial charge in [-0.3, -0.25) is 9.89 Å². The molecule has 1 N–H and O–H groups in total. The van der Waals surface area contributed by atoms with Crippen LogP contribution in [0.5, 0.6) is 0 Å². The Balaban J connectivity index is 1.74. The summed E-state index contributed by atoms with van der Waals surface area (Å²) < 4.78 is 23.7. The lowest BCUT2D eigenvalue weighted by Crippen LogP contribution is -2.39. The fourth-order valence-electron chi connectivity index (χ4n) is 3.06. The van der Waals surface area contributed by atoms with Gasteiger partial charge < -0.3 is 4.90 Å². The SMILES string of the molecule is CCS(=O)(=O)c1ccc(C(=O)N2CCC[C@@H](c3ccn[nH]3)C2)cc1. The molecule has 1 atom stereocenters. The molecule has 24 heavy (non-hydrogen) atoms. The van der Waals surface area contributed by atoms with Crippen LogP contribution in [-0.2, 0) is 9.84 Å². The summed E-state index contributed by atoms with van der Waals surface area (Å²) in [6.45, 7) is 2.98. The van der Waals surface area contributed by atoms with Gasteiger partial charge in [-0.25, -0.2) is 8.42 Å². The molecule has 0 bridgehead atoms. The topological polar surface area (TPSA) is 83.1 Å². The standard InChI is InChI=1S/C17H21N3O3S/c1-2-24(22,23)15-7-5-13(6-8-15)17(21)20-11-3-4-14(12-20)16-9-10-18-19-16/h5-10,14H,2-4,11-12H2,1H3,(H,18,19)/t14-/m1/s1. The van der Waals surface area contributed by atoms with E-state index in [0.29, 0.717) is 12.1 Å². The van der Waals surface area contributed by atoms with Crippen molar-refractivity contribution in [2.45, 2.75) is 30.6 Å². The maximum absolute atomic E-state index is 12.7. The third kappa shape index (κ3) is 3.36. The zero-order valence-electron chi connectivity index (χ0n) is 13.6. The Labute approximate surface area is 141 Å². The predicted molar refractivity (Wildman–Crippen MR) is 90.6 cm³/mol. The second kappa shape index (κ2) is 6.76. The molecule has 6 nitrogen and oxygen atoms in total. The lowest BCUT2D eigenvalue weighted by Gasteiger charge is -2.32. The van der Waals surface area contributed by atoms with E-state index in [1.54, 1.807) is 25.3 Å². The van der Waals surface area contributed by atoms with Crippen LogP contribution in [0, 0.1) is 0 Å². The molecule has 3 rings (SSSR count). The summed E-state index contributed by atoms with van der Waals surface area (Å²) in [5, 5.41) is 6.96. The van der Waals surface area contributed by atoms with Gasteiger partial charge in [-0.1, -0.05) is 6.92 Å². The molecule has 0 unspecified atom stereocenters. The zero-order chi connectivity index (χ0) is 17.2. The van der Waals surface area contributed by atoms with Crippen molar-refractivity contribution in [2.24, 2.45) is 0 Å². The minimum atomic E-state index is -3.24. The number of aromatic amines is 1. The van der Waals surface area contributed by atoms with Crippen LogP contribution in [0.1, 0.15) is 41.7 Å². The van der Waals surface area contributed by atoms with Crippen molar-refractivity contribution in [1.29, 1.82) is 0 Å². The average Bonchev–Trinajstić information content (AvgIpc) is 3.16.